The molecule has 120 valence electrons. The van der Waals surface area contributed by atoms with Crippen LogP contribution in [0.2, 0.25) is 0 Å². The van der Waals surface area contributed by atoms with E-state index in [4.69, 9.17) is 0 Å². The van der Waals surface area contributed by atoms with Crippen molar-refractivity contribution >= 4 is 27.6 Å². The Morgan fingerprint density at radius 3 is 2.64 bits per heavy atom. The van der Waals surface area contributed by atoms with Gasteiger partial charge < -0.3 is 10.4 Å². The standard InChI is InChI=1S/C14H19N3O4S/c1-8(2)6-11(13(18)19)16-14-15-10-5-4-9(3)7-12(10)22(20,21)17-14/h4-5,7-8,11H,6H2,1-3H3,(H,18,19)(H2,15,16,17). The molecule has 22 heavy (non-hydrogen) atoms. The van der Waals surface area contributed by atoms with Crippen LogP contribution in [0.4, 0.5) is 5.69 Å². The number of carboxylic acids is 1. The number of guanidine groups is 1. The Balaban J connectivity index is 2.38. The second-order valence-corrected chi connectivity index (χ2v) is 7.34. The average Bonchev–Trinajstić information content (AvgIpc) is 2.38. The van der Waals surface area contributed by atoms with Gasteiger partial charge in [-0.2, -0.15) is 0 Å². The number of fused-ring (bicyclic) bond motifs is 1. The second kappa shape index (κ2) is 5.96. The highest BCUT2D eigenvalue weighted by Gasteiger charge is 2.28. The Hall–Kier alpha value is -2.09. The van der Waals surface area contributed by atoms with Crippen molar-refractivity contribution in [3.63, 3.8) is 0 Å². The van der Waals surface area contributed by atoms with E-state index in [0.29, 0.717) is 12.1 Å². The first-order chi connectivity index (χ1) is 10.2. The van der Waals surface area contributed by atoms with Gasteiger partial charge in [0.15, 0.2) is 6.04 Å². The normalized spacial score (nSPS) is 19.2. The minimum Gasteiger partial charge on any atom is -0.480 e. The fraction of sp³-hybridized carbons (Fsp3) is 0.429. The third-order valence-corrected chi connectivity index (χ3v) is 4.55. The van der Waals surface area contributed by atoms with Crippen molar-refractivity contribution in [2.75, 3.05) is 5.32 Å². The molecule has 2 rings (SSSR count). The Morgan fingerprint density at radius 1 is 1.36 bits per heavy atom. The number of hydrogen-bond donors (Lipinski definition) is 3. The number of rotatable bonds is 4. The monoisotopic (exact) mass is 325 g/mol. The number of sulfonamides is 1. The van der Waals surface area contributed by atoms with E-state index in [2.05, 4.69) is 15.0 Å². The van der Waals surface area contributed by atoms with Crippen molar-refractivity contribution in [1.82, 2.24) is 4.72 Å². The van der Waals surface area contributed by atoms with Gasteiger partial charge in [0, 0.05) is 0 Å². The van der Waals surface area contributed by atoms with Crippen molar-refractivity contribution in [3.8, 4) is 0 Å². The van der Waals surface area contributed by atoms with Gasteiger partial charge >= 0.3 is 5.97 Å². The van der Waals surface area contributed by atoms with Crippen LogP contribution in [0, 0.1) is 12.8 Å². The molecule has 0 amide bonds. The molecular weight excluding hydrogens is 306 g/mol. The van der Waals surface area contributed by atoms with Crippen LogP contribution < -0.4 is 10.0 Å². The van der Waals surface area contributed by atoms with E-state index in [1.54, 1.807) is 25.1 Å². The quantitative estimate of drug-likeness (QED) is 0.778. The summed E-state index contributed by atoms with van der Waals surface area (Å²) < 4.78 is 26.7. The minimum absolute atomic E-state index is 0.0654. The maximum atomic E-state index is 12.2. The molecule has 0 fully saturated rings. The first kappa shape index (κ1) is 16.3. The molecule has 7 nitrogen and oxygen atoms in total. The summed E-state index contributed by atoms with van der Waals surface area (Å²) in [6, 6.07) is 3.95. The lowest BCUT2D eigenvalue weighted by Gasteiger charge is -2.23. The largest absolute Gasteiger partial charge is 0.480 e. The van der Waals surface area contributed by atoms with E-state index in [-0.39, 0.29) is 16.8 Å². The number of aliphatic imine (C=N–C) groups is 1. The van der Waals surface area contributed by atoms with Gasteiger partial charge in [0.1, 0.15) is 4.90 Å². The van der Waals surface area contributed by atoms with Crippen LogP contribution >= 0.6 is 0 Å². The molecule has 0 bridgehead atoms. The number of benzene rings is 1. The van der Waals surface area contributed by atoms with E-state index >= 15 is 0 Å². The Bertz CT molecular complexity index is 726. The highest BCUT2D eigenvalue weighted by molar-refractivity contribution is 7.90. The average molecular weight is 325 g/mol. The fourth-order valence-corrected chi connectivity index (χ4v) is 3.38. The Kier molecular flexibility index (Phi) is 4.41. The molecule has 1 aliphatic rings. The van der Waals surface area contributed by atoms with Gasteiger partial charge in [0.25, 0.3) is 10.0 Å². The van der Waals surface area contributed by atoms with Crippen molar-refractivity contribution in [1.29, 1.82) is 0 Å². The minimum atomic E-state index is -3.75. The van der Waals surface area contributed by atoms with Gasteiger partial charge in [-0.1, -0.05) is 19.9 Å². The molecular formula is C14H19N3O4S. The molecule has 0 saturated carbocycles. The van der Waals surface area contributed by atoms with Crippen LogP contribution in [0.1, 0.15) is 25.8 Å². The summed E-state index contributed by atoms with van der Waals surface area (Å²) in [7, 11) is -3.75. The number of nitrogens with one attached hydrogen (secondary N) is 2. The topological polar surface area (TPSA) is 108 Å². The predicted octanol–water partition coefficient (Wildman–Crippen LogP) is 1.55. The first-order valence-electron chi connectivity index (χ1n) is 6.90. The summed E-state index contributed by atoms with van der Waals surface area (Å²) in [4.78, 5) is 15.4. The van der Waals surface area contributed by atoms with Crippen LogP contribution in [0.15, 0.2) is 28.1 Å². The molecule has 1 heterocycles. The Labute approximate surface area is 129 Å². The van der Waals surface area contributed by atoms with Gasteiger partial charge in [-0.15, -0.1) is 0 Å². The molecule has 1 aromatic rings. The van der Waals surface area contributed by atoms with Crippen LogP contribution in [0.3, 0.4) is 0 Å². The molecule has 0 aromatic heterocycles. The maximum Gasteiger partial charge on any atom is 0.328 e. The zero-order valence-electron chi connectivity index (χ0n) is 12.6. The van der Waals surface area contributed by atoms with Crippen LogP contribution in [0.25, 0.3) is 0 Å². The maximum absolute atomic E-state index is 12.2. The fourth-order valence-electron chi connectivity index (χ4n) is 2.16. The summed E-state index contributed by atoms with van der Waals surface area (Å²) in [6.07, 6.45) is 0.322. The summed E-state index contributed by atoms with van der Waals surface area (Å²) in [5.74, 6) is -1.03. The molecule has 0 saturated heterocycles. The lowest BCUT2D eigenvalue weighted by atomic mass is 10.0. The van der Waals surface area contributed by atoms with Gasteiger partial charge in [0.2, 0.25) is 5.96 Å². The van der Waals surface area contributed by atoms with Crippen molar-refractivity contribution in [3.05, 3.63) is 23.8 Å². The lowest BCUT2D eigenvalue weighted by molar-refractivity contribution is -0.138. The molecule has 1 atom stereocenters. The van der Waals surface area contributed by atoms with E-state index in [1.165, 1.54) is 0 Å². The highest BCUT2D eigenvalue weighted by Crippen LogP contribution is 2.25. The van der Waals surface area contributed by atoms with Crippen molar-refractivity contribution in [2.24, 2.45) is 10.9 Å². The molecule has 8 heteroatoms. The van der Waals surface area contributed by atoms with Gasteiger partial charge in [0.05, 0.1) is 5.69 Å². The van der Waals surface area contributed by atoms with Gasteiger partial charge in [-0.3, -0.25) is 0 Å². The van der Waals surface area contributed by atoms with E-state index in [9.17, 15) is 18.3 Å². The summed E-state index contributed by atoms with van der Waals surface area (Å²) in [6.45, 7) is 5.56. The molecule has 1 aliphatic heterocycles. The van der Waals surface area contributed by atoms with E-state index in [1.807, 2.05) is 13.8 Å². The summed E-state index contributed by atoms with van der Waals surface area (Å²) in [5.41, 5.74) is 1.20. The zero-order valence-corrected chi connectivity index (χ0v) is 13.4. The molecule has 1 aromatic carbocycles. The number of anilines is 1. The van der Waals surface area contributed by atoms with Crippen LogP contribution in [0.5, 0.6) is 0 Å². The first-order valence-corrected chi connectivity index (χ1v) is 8.38. The predicted molar refractivity (Wildman–Crippen MR) is 83.4 cm³/mol. The number of carboxylic acid groups (broad SMARTS) is 1. The molecule has 3 N–H and O–H groups in total. The Morgan fingerprint density at radius 2 is 2.05 bits per heavy atom. The van der Waals surface area contributed by atoms with E-state index in [0.717, 1.165) is 5.56 Å². The SMILES string of the molecule is Cc1ccc2c(c1)S(=O)(=O)NC(=NC(CC(C)C)C(=O)O)N2. The third-order valence-electron chi connectivity index (χ3n) is 3.18. The third kappa shape index (κ3) is 3.56. The summed E-state index contributed by atoms with van der Waals surface area (Å²) >= 11 is 0. The molecule has 0 radical (unpaired) electrons. The van der Waals surface area contributed by atoms with Gasteiger partial charge in [-0.25, -0.2) is 22.9 Å². The lowest BCUT2D eigenvalue weighted by Crippen LogP contribution is -2.42. The molecule has 0 aliphatic carbocycles. The smallest absolute Gasteiger partial charge is 0.328 e. The zero-order chi connectivity index (χ0) is 16.5. The van der Waals surface area contributed by atoms with Crippen molar-refractivity contribution < 1.29 is 18.3 Å². The summed E-state index contributed by atoms with van der Waals surface area (Å²) in [5, 5.41) is 12.0. The number of aryl methyl sites for hydroxylation is 1. The van der Waals surface area contributed by atoms with E-state index < -0.39 is 22.0 Å². The number of hydrogen-bond acceptors (Lipinski definition) is 4. The molecule has 0 spiro atoms. The van der Waals surface area contributed by atoms with Gasteiger partial charge in [-0.05, 0) is 37.0 Å². The number of nitrogens with zero attached hydrogens (tertiary/aromatic N) is 1. The van der Waals surface area contributed by atoms with Crippen LogP contribution in [-0.2, 0) is 14.8 Å². The number of aliphatic carboxylic acids is 1. The second-order valence-electron chi connectivity index (χ2n) is 5.69. The van der Waals surface area contributed by atoms with Crippen LogP contribution in [-0.4, -0.2) is 31.5 Å². The highest BCUT2D eigenvalue weighted by atomic mass is 32.2. The van der Waals surface area contributed by atoms with Crippen molar-refractivity contribution in [2.45, 2.75) is 38.1 Å². The number of carbonyl (C=O) groups is 1. The molecule has 1 unspecified atom stereocenters.